The first-order valence-corrected chi connectivity index (χ1v) is 7.28. The molecule has 0 aromatic heterocycles. The van der Waals surface area contributed by atoms with Gasteiger partial charge in [0.2, 0.25) is 0 Å². The number of nitriles is 1. The topological polar surface area (TPSA) is 27.0 Å². The Hall–Kier alpha value is -0.850. The molecule has 0 bridgehead atoms. The van der Waals surface area contributed by atoms with Gasteiger partial charge in [-0.25, -0.2) is 0 Å². The van der Waals surface area contributed by atoms with Crippen molar-refractivity contribution in [1.82, 2.24) is 0 Å². The molecule has 90 valence electrons. The highest BCUT2D eigenvalue weighted by atomic mass is 35.5. The Balaban J connectivity index is 2.28. The second-order valence-corrected chi connectivity index (χ2v) is 6.04. The average Bonchev–Trinajstić information content (AvgIpc) is 2.38. The molecule has 1 unspecified atom stereocenters. The molecule has 1 aliphatic heterocycles. The number of rotatable bonds is 2. The van der Waals surface area contributed by atoms with Gasteiger partial charge in [0.1, 0.15) is 6.07 Å². The van der Waals surface area contributed by atoms with Crippen LogP contribution in [0.1, 0.15) is 18.1 Å². The van der Waals surface area contributed by atoms with Gasteiger partial charge in [-0.05, 0) is 17.7 Å². The van der Waals surface area contributed by atoms with E-state index in [9.17, 15) is 5.26 Å². The lowest BCUT2D eigenvalue weighted by Crippen LogP contribution is -2.37. The van der Waals surface area contributed by atoms with E-state index in [2.05, 4.69) is 17.9 Å². The summed E-state index contributed by atoms with van der Waals surface area (Å²) in [5, 5.41) is 9.84. The van der Waals surface area contributed by atoms with Gasteiger partial charge in [-0.2, -0.15) is 17.0 Å². The first-order valence-electron chi connectivity index (χ1n) is 5.70. The number of hydrogen-bond acceptors (Lipinski definition) is 3. The van der Waals surface area contributed by atoms with E-state index >= 15 is 0 Å². The van der Waals surface area contributed by atoms with Crippen molar-refractivity contribution in [2.24, 2.45) is 0 Å². The van der Waals surface area contributed by atoms with Gasteiger partial charge in [-0.15, -0.1) is 11.6 Å². The van der Waals surface area contributed by atoms with Gasteiger partial charge in [0.05, 0.1) is 11.3 Å². The molecule has 1 heterocycles. The van der Waals surface area contributed by atoms with E-state index in [1.54, 1.807) is 0 Å². The monoisotopic (exact) mass is 266 g/mol. The van der Waals surface area contributed by atoms with E-state index in [0.29, 0.717) is 11.1 Å². The summed E-state index contributed by atoms with van der Waals surface area (Å²) in [5.41, 5.74) is 2.79. The Bertz CT molecular complexity index is 442. The van der Waals surface area contributed by atoms with Crippen LogP contribution in [0.15, 0.2) is 18.2 Å². The van der Waals surface area contributed by atoms with Crippen LogP contribution in [-0.4, -0.2) is 24.1 Å². The van der Waals surface area contributed by atoms with Crippen molar-refractivity contribution >= 4 is 29.1 Å². The highest BCUT2D eigenvalue weighted by molar-refractivity contribution is 8.00. The third-order valence-corrected chi connectivity index (χ3v) is 4.36. The third kappa shape index (κ3) is 2.88. The van der Waals surface area contributed by atoms with E-state index in [4.69, 9.17) is 11.6 Å². The van der Waals surface area contributed by atoms with Crippen molar-refractivity contribution in [2.45, 2.75) is 18.1 Å². The zero-order valence-corrected chi connectivity index (χ0v) is 11.4. The van der Waals surface area contributed by atoms with Gasteiger partial charge < -0.3 is 4.90 Å². The van der Waals surface area contributed by atoms with Crippen LogP contribution in [0, 0.1) is 11.3 Å². The molecular formula is C13H15ClN2S. The number of hydrogen-bond donors (Lipinski definition) is 0. The third-order valence-electron chi connectivity index (χ3n) is 2.92. The molecule has 1 atom stereocenters. The second kappa shape index (κ2) is 5.66. The first kappa shape index (κ1) is 12.6. The first-order chi connectivity index (χ1) is 8.24. The average molecular weight is 267 g/mol. The molecule has 2 rings (SSSR count). The lowest BCUT2D eigenvalue weighted by molar-refractivity contribution is 0.781. The largest absolute Gasteiger partial charge is 0.369 e. The molecule has 1 saturated heterocycles. The fraction of sp³-hybridized carbons (Fsp3) is 0.462. The molecular weight excluding hydrogens is 252 g/mol. The van der Waals surface area contributed by atoms with Gasteiger partial charge in [0, 0.05) is 30.0 Å². The van der Waals surface area contributed by atoms with Crippen LogP contribution >= 0.6 is 23.4 Å². The van der Waals surface area contributed by atoms with Crippen LogP contribution < -0.4 is 4.90 Å². The zero-order valence-electron chi connectivity index (χ0n) is 9.82. The Labute approximate surface area is 112 Å². The molecule has 2 nitrogen and oxygen atoms in total. The molecule has 17 heavy (non-hydrogen) atoms. The summed E-state index contributed by atoms with van der Waals surface area (Å²) >= 11 is 7.78. The number of alkyl halides is 1. The van der Waals surface area contributed by atoms with Gasteiger partial charge in [-0.1, -0.05) is 13.0 Å². The highest BCUT2D eigenvalue weighted by Gasteiger charge is 2.19. The minimum Gasteiger partial charge on any atom is -0.369 e. The molecule has 0 spiro atoms. The van der Waals surface area contributed by atoms with Crippen LogP contribution in [0.2, 0.25) is 0 Å². The van der Waals surface area contributed by atoms with E-state index in [1.807, 2.05) is 30.0 Å². The van der Waals surface area contributed by atoms with Crippen molar-refractivity contribution < 1.29 is 0 Å². The summed E-state index contributed by atoms with van der Waals surface area (Å²) < 4.78 is 0. The van der Waals surface area contributed by atoms with Crippen LogP contribution in [-0.2, 0) is 5.88 Å². The molecule has 1 aromatic carbocycles. The maximum atomic E-state index is 9.21. The minimum atomic E-state index is 0.460. The van der Waals surface area contributed by atoms with Crippen molar-refractivity contribution in [1.29, 1.82) is 5.26 Å². The summed E-state index contributed by atoms with van der Waals surface area (Å²) in [6.45, 7) is 4.26. The second-order valence-electron chi connectivity index (χ2n) is 4.22. The summed E-state index contributed by atoms with van der Waals surface area (Å²) in [7, 11) is 0. The molecule has 1 aliphatic rings. The number of halogens is 1. The van der Waals surface area contributed by atoms with Crippen molar-refractivity contribution in [3.63, 3.8) is 0 Å². The van der Waals surface area contributed by atoms with Crippen LogP contribution in [0.3, 0.4) is 0 Å². The molecule has 0 radical (unpaired) electrons. The molecule has 4 heteroatoms. The molecule has 0 aliphatic carbocycles. The Kier molecular flexibility index (Phi) is 4.20. The highest BCUT2D eigenvalue weighted by Crippen LogP contribution is 2.27. The Morgan fingerprint density at radius 1 is 1.59 bits per heavy atom. The minimum absolute atomic E-state index is 0.460. The van der Waals surface area contributed by atoms with Crippen molar-refractivity contribution in [3.05, 3.63) is 29.3 Å². The number of nitrogens with zero attached hydrogens (tertiary/aromatic N) is 2. The standard InChI is InChI=1S/C13H15ClN2S/c1-10-9-16(4-5-17-10)13-3-2-11(7-14)6-12(13)8-15/h2-3,6,10H,4-5,7,9H2,1H3. The Morgan fingerprint density at radius 2 is 2.41 bits per heavy atom. The van der Waals surface area contributed by atoms with Crippen LogP contribution in [0.25, 0.3) is 0 Å². The maximum absolute atomic E-state index is 9.21. The Morgan fingerprint density at radius 3 is 3.06 bits per heavy atom. The number of benzene rings is 1. The van der Waals surface area contributed by atoms with Gasteiger partial charge in [-0.3, -0.25) is 0 Å². The maximum Gasteiger partial charge on any atom is 0.101 e. The zero-order chi connectivity index (χ0) is 12.3. The lowest BCUT2D eigenvalue weighted by atomic mass is 10.1. The van der Waals surface area contributed by atoms with Gasteiger partial charge in [0.25, 0.3) is 0 Å². The SMILES string of the molecule is CC1CN(c2ccc(CCl)cc2C#N)CCS1. The predicted octanol–water partition coefficient (Wildman–Crippen LogP) is 3.24. The molecule has 1 fully saturated rings. The summed E-state index contributed by atoms with van der Waals surface area (Å²) in [4.78, 5) is 2.30. The summed E-state index contributed by atoms with van der Waals surface area (Å²) in [5.74, 6) is 1.59. The number of anilines is 1. The normalized spacial score (nSPS) is 20.1. The van der Waals surface area contributed by atoms with E-state index in [-0.39, 0.29) is 0 Å². The summed E-state index contributed by atoms with van der Waals surface area (Å²) in [6.07, 6.45) is 0. The molecule has 0 amide bonds. The molecule has 0 saturated carbocycles. The quantitative estimate of drug-likeness (QED) is 0.769. The summed E-state index contributed by atoms with van der Waals surface area (Å²) in [6, 6.07) is 8.21. The van der Waals surface area contributed by atoms with Crippen LogP contribution in [0.4, 0.5) is 5.69 Å². The lowest BCUT2D eigenvalue weighted by Gasteiger charge is -2.33. The fourth-order valence-electron chi connectivity index (χ4n) is 2.07. The molecule has 0 N–H and O–H groups in total. The van der Waals surface area contributed by atoms with E-state index < -0.39 is 0 Å². The molecule has 1 aromatic rings. The van der Waals surface area contributed by atoms with Gasteiger partial charge in [0.15, 0.2) is 0 Å². The van der Waals surface area contributed by atoms with Crippen molar-refractivity contribution in [2.75, 3.05) is 23.7 Å². The number of thioether (sulfide) groups is 1. The van der Waals surface area contributed by atoms with Crippen LogP contribution in [0.5, 0.6) is 0 Å². The van der Waals surface area contributed by atoms with Crippen molar-refractivity contribution in [3.8, 4) is 6.07 Å². The van der Waals surface area contributed by atoms with Gasteiger partial charge >= 0.3 is 0 Å². The smallest absolute Gasteiger partial charge is 0.101 e. The van der Waals surface area contributed by atoms with E-state index in [0.717, 1.165) is 35.7 Å². The fourth-order valence-corrected chi connectivity index (χ4v) is 3.25. The predicted molar refractivity (Wildman–Crippen MR) is 74.8 cm³/mol. The van der Waals surface area contributed by atoms with E-state index in [1.165, 1.54) is 0 Å².